The minimum atomic E-state index is -0.744. The number of carbonyl (C=O) groups excluding carboxylic acids is 2. The zero-order valence-corrected chi connectivity index (χ0v) is 15.9. The summed E-state index contributed by atoms with van der Waals surface area (Å²) in [5, 5.41) is 1.03. The third kappa shape index (κ3) is 7.12. The van der Waals surface area contributed by atoms with Gasteiger partial charge in [0.1, 0.15) is 11.2 Å². The Bertz CT molecular complexity index is 574. The van der Waals surface area contributed by atoms with Crippen molar-refractivity contribution < 1.29 is 19.1 Å². The molecule has 1 aromatic rings. The molecular weight excluding hydrogens is 328 g/mol. The summed E-state index contributed by atoms with van der Waals surface area (Å²) in [5.74, 6) is 0.576. The Balaban J connectivity index is 3.02. The van der Waals surface area contributed by atoms with Crippen LogP contribution in [0.2, 0.25) is 0 Å². The number of nitrogens with one attached hydrogen (secondary N) is 1. The molecule has 2 amide bonds. The van der Waals surface area contributed by atoms with E-state index in [1.807, 2.05) is 12.1 Å². The molecule has 0 aromatic heterocycles. The molecule has 0 fully saturated rings. The zero-order chi connectivity index (χ0) is 18.5. The first kappa shape index (κ1) is 20.2. The lowest BCUT2D eigenvalue weighted by atomic mass is 10.2. The van der Waals surface area contributed by atoms with Gasteiger partial charge in [-0.2, -0.15) is 17.6 Å². The van der Waals surface area contributed by atoms with Crippen LogP contribution in [0.3, 0.4) is 0 Å². The molecule has 0 aliphatic heterocycles. The molecule has 6 nitrogen and oxygen atoms in total. The molecular formula is C17H26N2O4S. The summed E-state index contributed by atoms with van der Waals surface area (Å²) < 4.78 is 10.5. The summed E-state index contributed by atoms with van der Waals surface area (Å²) in [7, 11) is 0. The zero-order valence-electron chi connectivity index (χ0n) is 15.0. The van der Waals surface area contributed by atoms with Crippen molar-refractivity contribution in [3.8, 4) is 0 Å². The van der Waals surface area contributed by atoms with Gasteiger partial charge in [0.25, 0.3) is 0 Å². The molecule has 0 radical (unpaired) electrons. The molecule has 0 aliphatic carbocycles. The first-order valence-corrected chi connectivity index (χ1v) is 8.27. The predicted octanol–water partition coefficient (Wildman–Crippen LogP) is 4.30. The summed E-state index contributed by atoms with van der Waals surface area (Å²) in [6.07, 6.45) is -1.45. The van der Waals surface area contributed by atoms with E-state index in [4.69, 9.17) is 9.47 Å². The van der Waals surface area contributed by atoms with Crippen molar-refractivity contribution in [2.24, 2.45) is 0 Å². The van der Waals surface area contributed by atoms with Crippen LogP contribution >= 0.6 is 12.6 Å². The number of hydrazine groups is 1. The smallest absolute Gasteiger partial charge is 0.434 e. The number of nitrogens with zero attached hydrogens (tertiary/aromatic N) is 1. The lowest BCUT2D eigenvalue weighted by Crippen LogP contribution is -2.50. The Morgan fingerprint density at radius 1 is 1.00 bits per heavy atom. The van der Waals surface area contributed by atoms with Crippen LogP contribution in [0.15, 0.2) is 24.3 Å². The van der Waals surface area contributed by atoms with Crippen molar-refractivity contribution in [2.75, 3.05) is 5.01 Å². The number of carbonyl (C=O) groups is 2. The summed E-state index contributed by atoms with van der Waals surface area (Å²) in [5.41, 5.74) is 2.50. The van der Waals surface area contributed by atoms with Crippen LogP contribution < -0.4 is 10.4 Å². The second kappa shape index (κ2) is 7.79. The van der Waals surface area contributed by atoms with Crippen LogP contribution in [0.4, 0.5) is 15.3 Å². The number of hydrogen-bond donors (Lipinski definition) is 2. The first-order chi connectivity index (χ1) is 10.9. The largest absolute Gasteiger partial charge is 0.443 e. The normalized spacial score (nSPS) is 11.6. The predicted molar refractivity (Wildman–Crippen MR) is 97.2 cm³/mol. The Kier molecular flexibility index (Phi) is 6.54. The highest BCUT2D eigenvalue weighted by Gasteiger charge is 2.27. The Morgan fingerprint density at radius 2 is 1.50 bits per heavy atom. The van der Waals surface area contributed by atoms with Gasteiger partial charge in [-0.05, 0) is 59.2 Å². The van der Waals surface area contributed by atoms with E-state index in [-0.39, 0.29) is 0 Å². The van der Waals surface area contributed by atoms with Gasteiger partial charge in [-0.3, -0.25) is 0 Å². The fourth-order valence-electron chi connectivity index (χ4n) is 1.67. The van der Waals surface area contributed by atoms with E-state index in [1.54, 1.807) is 53.7 Å². The van der Waals surface area contributed by atoms with Crippen LogP contribution in [0.25, 0.3) is 0 Å². The summed E-state index contributed by atoms with van der Waals surface area (Å²) in [6, 6.07) is 7.03. The second-order valence-corrected chi connectivity index (χ2v) is 7.57. The number of amides is 2. The molecule has 24 heavy (non-hydrogen) atoms. The molecule has 0 unspecified atom stereocenters. The first-order valence-electron chi connectivity index (χ1n) is 7.64. The average molecular weight is 354 g/mol. The quantitative estimate of drug-likeness (QED) is 0.614. The van der Waals surface area contributed by atoms with Crippen molar-refractivity contribution in [3.63, 3.8) is 0 Å². The van der Waals surface area contributed by atoms with E-state index >= 15 is 0 Å². The minimum absolute atomic E-state index is 0.459. The molecule has 0 saturated carbocycles. The average Bonchev–Trinajstić information content (AvgIpc) is 2.41. The second-order valence-electron chi connectivity index (χ2n) is 7.25. The van der Waals surface area contributed by atoms with Gasteiger partial charge in [0.15, 0.2) is 0 Å². The summed E-state index contributed by atoms with van der Waals surface area (Å²) in [6.45, 7) is 10.5. The van der Waals surface area contributed by atoms with E-state index in [0.717, 1.165) is 10.6 Å². The topological polar surface area (TPSA) is 67.9 Å². The van der Waals surface area contributed by atoms with Gasteiger partial charge in [0.05, 0.1) is 5.69 Å². The van der Waals surface area contributed by atoms with Gasteiger partial charge >= 0.3 is 12.2 Å². The molecule has 134 valence electrons. The van der Waals surface area contributed by atoms with Gasteiger partial charge in [-0.25, -0.2) is 15.0 Å². The van der Waals surface area contributed by atoms with Gasteiger partial charge < -0.3 is 9.47 Å². The van der Waals surface area contributed by atoms with Crippen LogP contribution in [-0.2, 0) is 15.2 Å². The molecule has 0 saturated heterocycles. The lowest BCUT2D eigenvalue weighted by molar-refractivity contribution is 0.0425. The van der Waals surface area contributed by atoms with Gasteiger partial charge in [-0.1, -0.05) is 12.1 Å². The maximum Gasteiger partial charge on any atom is 0.434 e. The van der Waals surface area contributed by atoms with Crippen molar-refractivity contribution in [1.82, 2.24) is 5.43 Å². The van der Waals surface area contributed by atoms with Crippen molar-refractivity contribution >= 4 is 30.5 Å². The number of ether oxygens (including phenoxy) is 2. The van der Waals surface area contributed by atoms with Gasteiger partial charge in [0, 0.05) is 5.75 Å². The lowest BCUT2D eigenvalue weighted by Gasteiger charge is -2.28. The van der Waals surface area contributed by atoms with E-state index in [2.05, 4.69) is 18.1 Å². The fourth-order valence-corrected chi connectivity index (χ4v) is 1.88. The highest BCUT2D eigenvalue weighted by molar-refractivity contribution is 7.79. The number of benzene rings is 1. The van der Waals surface area contributed by atoms with E-state index in [9.17, 15) is 9.59 Å². The highest BCUT2D eigenvalue weighted by atomic mass is 32.1. The van der Waals surface area contributed by atoms with Crippen LogP contribution in [0, 0.1) is 0 Å². The van der Waals surface area contributed by atoms with Crippen LogP contribution in [-0.4, -0.2) is 23.4 Å². The molecule has 0 atom stereocenters. The summed E-state index contributed by atoms with van der Waals surface area (Å²) >= 11 is 4.20. The van der Waals surface area contributed by atoms with Crippen molar-refractivity contribution in [3.05, 3.63) is 29.8 Å². The van der Waals surface area contributed by atoms with E-state index in [0.29, 0.717) is 11.4 Å². The molecule has 0 aliphatic rings. The molecule has 1 aromatic carbocycles. The van der Waals surface area contributed by atoms with Crippen molar-refractivity contribution in [1.29, 1.82) is 0 Å². The minimum Gasteiger partial charge on any atom is -0.443 e. The number of hydrogen-bond acceptors (Lipinski definition) is 5. The molecule has 1 rings (SSSR count). The molecule has 0 heterocycles. The van der Waals surface area contributed by atoms with Gasteiger partial charge in [-0.15, -0.1) is 0 Å². The number of anilines is 1. The van der Waals surface area contributed by atoms with Crippen LogP contribution in [0.5, 0.6) is 0 Å². The standard InChI is InChI=1S/C17H26N2O4S/c1-16(2,3)22-14(20)18-19(15(21)23-17(4,5)6)13-9-7-12(11-24)8-10-13/h7-10,24H,11H2,1-6H3,(H,18,20). The van der Waals surface area contributed by atoms with Crippen LogP contribution in [0.1, 0.15) is 47.1 Å². The maximum atomic E-state index is 12.4. The molecule has 0 bridgehead atoms. The Morgan fingerprint density at radius 3 is 1.92 bits per heavy atom. The molecule has 7 heteroatoms. The van der Waals surface area contributed by atoms with Gasteiger partial charge in [0.2, 0.25) is 0 Å². The Hall–Kier alpha value is -1.89. The summed E-state index contributed by atoms with van der Waals surface area (Å²) in [4.78, 5) is 24.5. The maximum absolute atomic E-state index is 12.4. The Labute approximate surface area is 148 Å². The third-order valence-electron chi connectivity index (χ3n) is 2.56. The SMILES string of the molecule is CC(C)(C)OC(=O)NN(C(=O)OC(C)(C)C)c1ccc(CS)cc1. The van der Waals surface area contributed by atoms with E-state index in [1.165, 1.54) is 0 Å². The molecule has 1 N–H and O–H groups in total. The number of thiol groups is 1. The van der Waals surface area contributed by atoms with E-state index < -0.39 is 23.4 Å². The molecule has 0 spiro atoms. The third-order valence-corrected chi connectivity index (χ3v) is 2.92. The number of rotatable bonds is 2. The fraction of sp³-hybridized carbons (Fsp3) is 0.529. The van der Waals surface area contributed by atoms with Crippen molar-refractivity contribution in [2.45, 2.75) is 58.5 Å². The highest BCUT2D eigenvalue weighted by Crippen LogP contribution is 2.19. The monoisotopic (exact) mass is 354 g/mol.